The fraction of sp³-hybridized carbons (Fsp3) is 0.311. The van der Waals surface area contributed by atoms with Crippen LogP contribution >= 0.6 is 0 Å². The van der Waals surface area contributed by atoms with Crippen molar-refractivity contribution in [2.45, 2.75) is 38.1 Å². The number of amides is 4. The summed E-state index contributed by atoms with van der Waals surface area (Å²) in [7, 11) is 0. The zero-order chi connectivity index (χ0) is 44.6. The minimum atomic E-state index is -0.685. The normalized spacial score (nSPS) is 17.4. The summed E-state index contributed by atoms with van der Waals surface area (Å²) in [5, 5.41) is 15.7. The number of hydrogen-bond acceptors (Lipinski definition) is 13. The Morgan fingerprint density at radius 3 is 2.16 bits per heavy atom. The number of nitrogens with zero attached hydrogens (tertiary/aromatic N) is 6. The van der Waals surface area contributed by atoms with Crippen molar-refractivity contribution in [2.24, 2.45) is 5.92 Å². The molecule has 5 heterocycles. The maximum atomic E-state index is 15.0. The molecule has 3 aromatic carbocycles. The van der Waals surface area contributed by atoms with Crippen molar-refractivity contribution >= 4 is 64.0 Å². The Bertz CT molecular complexity index is 2480. The first-order valence-electron chi connectivity index (χ1n) is 21.1. The van der Waals surface area contributed by atoms with Crippen molar-refractivity contribution in [1.82, 2.24) is 35.6 Å². The molecule has 332 valence electrons. The first-order chi connectivity index (χ1) is 31.0. The summed E-state index contributed by atoms with van der Waals surface area (Å²) in [6.07, 6.45) is 5.90. The number of piperidine rings is 2. The Morgan fingerprint density at radius 2 is 1.44 bits per heavy atom. The highest BCUT2D eigenvalue weighted by atomic mass is 19.1. The number of anilines is 7. The molecule has 3 saturated heterocycles. The molecule has 4 amide bonds. The van der Waals surface area contributed by atoms with Gasteiger partial charge in [0.1, 0.15) is 17.7 Å². The van der Waals surface area contributed by atoms with Crippen molar-refractivity contribution in [3.05, 3.63) is 120 Å². The van der Waals surface area contributed by atoms with Crippen molar-refractivity contribution in [3.8, 4) is 0 Å². The fourth-order valence-corrected chi connectivity index (χ4v) is 7.79. The number of benzene rings is 3. The van der Waals surface area contributed by atoms with Crippen LogP contribution in [0.3, 0.4) is 0 Å². The van der Waals surface area contributed by atoms with E-state index in [0.717, 1.165) is 71.3 Å². The molecule has 6 N–H and O–H groups in total. The number of imide groups is 1. The second-order valence-electron chi connectivity index (χ2n) is 15.9. The molecule has 3 fully saturated rings. The minimum Gasteiger partial charge on any atom is -0.370 e. The van der Waals surface area contributed by atoms with Crippen LogP contribution in [0.25, 0.3) is 0 Å². The van der Waals surface area contributed by atoms with E-state index in [1.165, 1.54) is 30.5 Å². The predicted octanol–water partition coefficient (Wildman–Crippen LogP) is 5.81. The number of nitrogens with one attached hydrogen (secondary N) is 6. The second kappa shape index (κ2) is 19.9. The van der Waals surface area contributed by atoms with Gasteiger partial charge < -0.3 is 26.2 Å². The van der Waals surface area contributed by atoms with Gasteiger partial charge >= 0.3 is 0 Å². The van der Waals surface area contributed by atoms with Gasteiger partial charge in [-0.25, -0.2) is 28.1 Å². The molecule has 19 heteroatoms. The number of aromatic nitrogens is 3. The molecule has 1 atom stereocenters. The Hall–Kier alpha value is -7.12. The molecule has 0 aliphatic carbocycles. The van der Waals surface area contributed by atoms with Gasteiger partial charge in [-0.3, -0.25) is 34.8 Å². The van der Waals surface area contributed by atoms with Gasteiger partial charge in [0.05, 0.1) is 23.6 Å². The van der Waals surface area contributed by atoms with Crippen LogP contribution in [0.1, 0.15) is 52.8 Å². The highest BCUT2D eigenvalue weighted by Gasteiger charge is 2.28. The topological polar surface area (TPSA) is 189 Å². The summed E-state index contributed by atoms with van der Waals surface area (Å²) in [6, 6.07) is 19.6. The lowest BCUT2D eigenvalue weighted by molar-refractivity contribution is -0.133. The van der Waals surface area contributed by atoms with Gasteiger partial charge in [0.15, 0.2) is 17.5 Å². The number of carbonyl (C=O) groups excluding carboxylic acids is 4. The van der Waals surface area contributed by atoms with E-state index < -0.39 is 35.3 Å². The first kappa shape index (κ1) is 43.5. The predicted molar refractivity (Wildman–Crippen MR) is 235 cm³/mol. The van der Waals surface area contributed by atoms with Crippen LogP contribution in [-0.4, -0.2) is 100 Å². The van der Waals surface area contributed by atoms with Crippen molar-refractivity contribution in [1.29, 1.82) is 0 Å². The van der Waals surface area contributed by atoms with E-state index in [4.69, 9.17) is 0 Å². The lowest BCUT2D eigenvalue weighted by atomic mass is 9.94. The summed E-state index contributed by atoms with van der Waals surface area (Å²) in [5.41, 5.74) is 5.04. The quantitative estimate of drug-likeness (QED) is 0.0734. The molecule has 1 unspecified atom stereocenters. The maximum Gasteiger partial charge on any atom is 0.265 e. The van der Waals surface area contributed by atoms with Crippen molar-refractivity contribution in [3.63, 3.8) is 0 Å². The Balaban J connectivity index is 0.734. The zero-order valence-corrected chi connectivity index (χ0v) is 34.8. The molecular weight excluding hydrogens is 830 g/mol. The first-order valence-corrected chi connectivity index (χ1v) is 21.1. The van der Waals surface area contributed by atoms with Gasteiger partial charge in [0.25, 0.3) is 11.8 Å². The van der Waals surface area contributed by atoms with Gasteiger partial charge in [-0.15, -0.1) is 0 Å². The van der Waals surface area contributed by atoms with Crippen molar-refractivity contribution < 1.29 is 32.3 Å². The van der Waals surface area contributed by atoms with Crippen LogP contribution in [0, 0.1) is 23.4 Å². The summed E-state index contributed by atoms with van der Waals surface area (Å²) in [5.74, 6) is -2.29. The molecule has 8 rings (SSSR count). The van der Waals surface area contributed by atoms with E-state index in [9.17, 15) is 32.3 Å². The number of rotatable bonds is 14. The molecule has 3 aliphatic rings. The summed E-state index contributed by atoms with van der Waals surface area (Å²) < 4.78 is 43.6. The van der Waals surface area contributed by atoms with E-state index in [1.807, 2.05) is 5.01 Å². The summed E-state index contributed by atoms with van der Waals surface area (Å²) in [4.78, 5) is 66.3. The van der Waals surface area contributed by atoms with Gasteiger partial charge in [-0.1, -0.05) is 12.1 Å². The monoisotopic (exact) mass is 876 g/mol. The van der Waals surface area contributed by atoms with Crippen LogP contribution in [0.5, 0.6) is 0 Å². The average Bonchev–Trinajstić information content (AvgIpc) is 3.30. The maximum absolute atomic E-state index is 15.0. The Morgan fingerprint density at radius 1 is 0.734 bits per heavy atom. The number of hydrazine groups is 1. The van der Waals surface area contributed by atoms with E-state index in [-0.39, 0.29) is 41.3 Å². The standard InChI is InChI=1S/C45H47F3N12O4/c46-34-4-2-1-3-33(34)43(63)52-31-11-9-30(10-12-31)51-41-36(48)26-50-45(56-41)53-32-7-5-29(6-8-32)42(62)57-60-19-16-28(17-20-60)15-18-58-21-23-59(24-22-58)39-25-35(47)38(27-49-39)54-37-13-14-40(61)55-44(37)64/h1-12,25-28,37,54H,13-24H2,(H,52,63)(H,57,62)(H,55,61,64)(H2,50,51,53,56). The van der Waals surface area contributed by atoms with Crippen LogP contribution in [0.2, 0.25) is 0 Å². The van der Waals surface area contributed by atoms with Crippen LogP contribution < -0.4 is 36.9 Å². The molecule has 2 aromatic heterocycles. The number of carbonyl (C=O) groups is 4. The van der Waals surface area contributed by atoms with Gasteiger partial charge in [-0.05, 0) is 98.8 Å². The third kappa shape index (κ3) is 11.1. The Kier molecular flexibility index (Phi) is 13.6. The van der Waals surface area contributed by atoms with Gasteiger partial charge in [0.2, 0.25) is 17.8 Å². The lowest BCUT2D eigenvalue weighted by Crippen LogP contribution is -2.48. The van der Waals surface area contributed by atoms with Crippen molar-refractivity contribution in [2.75, 3.05) is 72.0 Å². The number of piperazine rings is 1. The smallest absolute Gasteiger partial charge is 0.265 e. The van der Waals surface area contributed by atoms with Crippen LogP contribution in [0.4, 0.5) is 53.5 Å². The van der Waals surface area contributed by atoms with Gasteiger partial charge in [-0.2, -0.15) is 4.98 Å². The molecule has 64 heavy (non-hydrogen) atoms. The summed E-state index contributed by atoms with van der Waals surface area (Å²) >= 11 is 0. The highest BCUT2D eigenvalue weighted by Crippen LogP contribution is 2.26. The molecule has 5 aromatic rings. The molecule has 0 radical (unpaired) electrons. The zero-order valence-electron chi connectivity index (χ0n) is 34.8. The molecule has 0 bridgehead atoms. The van der Waals surface area contributed by atoms with E-state index in [1.54, 1.807) is 54.6 Å². The second-order valence-corrected chi connectivity index (χ2v) is 15.9. The molecule has 3 aliphatic heterocycles. The average molecular weight is 877 g/mol. The van der Waals surface area contributed by atoms with E-state index in [0.29, 0.717) is 40.8 Å². The minimum absolute atomic E-state index is 0.0826. The molecular formula is C45H47F3N12O4. The largest absolute Gasteiger partial charge is 0.370 e. The molecule has 16 nitrogen and oxygen atoms in total. The number of halogens is 3. The molecule has 0 saturated carbocycles. The SMILES string of the molecule is O=C1CCC(Nc2cnc(N3CCN(CCC4CCN(NC(=O)c5ccc(Nc6ncc(F)c(Nc7ccc(NC(=O)c8ccccc8F)cc7)n6)cc5)CC4)CC3)cc2F)C(=O)N1. The fourth-order valence-electron chi connectivity index (χ4n) is 7.79. The third-order valence-electron chi connectivity index (χ3n) is 11.5. The van der Waals surface area contributed by atoms with E-state index >= 15 is 0 Å². The van der Waals surface area contributed by atoms with Gasteiger partial charge in [0, 0.05) is 74.4 Å². The number of hydrogen-bond donors (Lipinski definition) is 6. The van der Waals surface area contributed by atoms with Crippen LogP contribution in [0.15, 0.2) is 91.3 Å². The molecule has 0 spiro atoms. The highest BCUT2D eigenvalue weighted by molar-refractivity contribution is 6.04. The summed E-state index contributed by atoms with van der Waals surface area (Å²) in [6.45, 7) is 5.54. The Labute approximate surface area is 367 Å². The third-order valence-corrected chi connectivity index (χ3v) is 11.5. The lowest BCUT2D eigenvalue weighted by Gasteiger charge is -2.37. The van der Waals surface area contributed by atoms with Crippen LogP contribution in [-0.2, 0) is 9.59 Å². The van der Waals surface area contributed by atoms with E-state index in [2.05, 4.69) is 56.8 Å². The number of pyridine rings is 1.